The van der Waals surface area contributed by atoms with Crippen molar-refractivity contribution < 1.29 is 4.39 Å². The molecule has 0 saturated carbocycles. The van der Waals surface area contributed by atoms with Crippen LogP contribution in [0.1, 0.15) is 12.0 Å². The number of nitrogens with one attached hydrogen (secondary N) is 1. The predicted molar refractivity (Wildman–Crippen MR) is 51.9 cm³/mol. The fourth-order valence-corrected chi connectivity index (χ4v) is 1.50. The van der Waals surface area contributed by atoms with Crippen LogP contribution in [0.5, 0.6) is 0 Å². The van der Waals surface area contributed by atoms with Gasteiger partial charge in [-0.3, -0.25) is 0 Å². The van der Waals surface area contributed by atoms with Crippen LogP contribution < -0.4 is 5.32 Å². The molecule has 13 heavy (non-hydrogen) atoms. The number of hydrogen-bond donors (Lipinski definition) is 1. The van der Waals surface area contributed by atoms with Gasteiger partial charge in [0.25, 0.3) is 0 Å². The molecule has 68 valence electrons. The van der Waals surface area contributed by atoms with Crippen molar-refractivity contribution in [3.63, 3.8) is 0 Å². The molecule has 1 nitrogen and oxygen atoms in total. The maximum absolute atomic E-state index is 12.6. The van der Waals surface area contributed by atoms with E-state index >= 15 is 0 Å². The summed E-state index contributed by atoms with van der Waals surface area (Å²) in [5.41, 5.74) is 2.48. The van der Waals surface area contributed by atoms with Crippen LogP contribution in [0.2, 0.25) is 0 Å². The third kappa shape index (κ3) is 2.16. The van der Waals surface area contributed by atoms with Gasteiger partial charge in [-0.2, -0.15) is 0 Å². The Morgan fingerprint density at radius 3 is 2.62 bits per heavy atom. The van der Waals surface area contributed by atoms with Crippen LogP contribution in [0, 0.1) is 5.82 Å². The normalized spacial score (nSPS) is 19.6. The van der Waals surface area contributed by atoms with Gasteiger partial charge in [0.1, 0.15) is 5.82 Å². The van der Waals surface area contributed by atoms with Crippen LogP contribution in [0.3, 0.4) is 0 Å². The van der Waals surface area contributed by atoms with Gasteiger partial charge in [0.2, 0.25) is 0 Å². The molecule has 1 fully saturated rings. The molecule has 1 aromatic rings. The Hall–Kier alpha value is -1.15. The molecule has 0 atom stereocenters. The lowest BCUT2D eigenvalue weighted by molar-refractivity contribution is 0.628. The lowest BCUT2D eigenvalue weighted by Crippen LogP contribution is -2.04. The Balaban J connectivity index is 2.17. The van der Waals surface area contributed by atoms with Gasteiger partial charge < -0.3 is 5.32 Å². The van der Waals surface area contributed by atoms with Crippen LogP contribution in [-0.2, 0) is 0 Å². The highest BCUT2D eigenvalue weighted by atomic mass is 19.1. The van der Waals surface area contributed by atoms with Crippen molar-refractivity contribution in [2.75, 3.05) is 13.1 Å². The van der Waals surface area contributed by atoms with E-state index in [4.69, 9.17) is 0 Å². The van der Waals surface area contributed by atoms with Crippen molar-refractivity contribution in [2.24, 2.45) is 0 Å². The Kier molecular flexibility index (Phi) is 2.41. The molecule has 0 bridgehead atoms. The summed E-state index contributed by atoms with van der Waals surface area (Å²) >= 11 is 0. The molecule has 0 unspecified atom stereocenters. The molecule has 2 heteroatoms. The standard InChI is InChI=1S/C11H12FN/c12-11-3-1-9(2-4-11)7-10-5-6-13-8-10/h1-4,7,13H,5-6,8H2/b10-7-. The lowest BCUT2D eigenvalue weighted by Gasteiger charge is -1.96. The summed E-state index contributed by atoms with van der Waals surface area (Å²) in [6.07, 6.45) is 3.23. The van der Waals surface area contributed by atoms with E-state index in [2.05, 4.69) is 11.4 Å². The van der Waals surface area contributed by atoms with Crippen LogP contribution in [0.15, 0.2) is 29.8 Å². The van der Waals surface area contributed by atoms with Crippen LogP contribution in [0.4, 0.5) is 4.39 Å². The first-order valence-corrected chi connectivity index (χ1v) is 4.50. The summed E-state index contributed by atoms with van der Waals surface area (Å²) in [5, 5.41) is 3.26. The van der Waals surface area contributed by atoms with Gasteiger partial charge in [-0.15, -0.1) is 0 Å². The van der Waals surface area contributed by atoms with Gasteiger partial charge in [-0.1, -0.05) is 23.8 Å². The van der Waals surface area contributed by atoms with Crippen LogP contribution in [0.25, 0.3) is 6.08 Å². The van der Waals surface area contributed by atoms with Crippen molar-refractivity contribution >= 4 is 6.08 Å². The summed E-state index contributed by atoms with van der Waals surface area (Å²) in [4.78, 5) is 0. The van der Waals surface area contributed by atoms with Gasteiger partial charge in [0.05, 0.1) is 0 Å². The summed E-state index contributed by atoms with van der Waals surface area (Å²) in [7, 11) is 0. The van der Waals surface area contributed by atoms with E-state index in [1.807, 2.05) is 0 Å². The molecule has 0 amide bonds. The van der Waals surface area contributed by atoms with Crippen molar-refractivity contribution in [3.05, 3.63) is 41.2 Å². The Morgan fingerprint density at radius 1 is 1.23 bits per heavy atom. The molecule has 0 radical (unpaired) electrons. The predicted octanol–water partition coefficient (Wildman–Crippen LogP) is 2.20. The van der Waals surface area contributed by atoms with E-state index in [1.54, 1.807) is 12.1 Å². The minimum atomic E-state index is -0.174. The van der Waals surface area contributed by atoms with E-state index in [0.29, 0.717) is 0 Å². The minimum Gasteiger partial charge on any atom is -0.313 e. The number of rotatable bonds is 1. The summed E-state index contributed by atoms with van der Waals surface area (Å²) in [5.74, 6) is -0.174. The quantitative estimate of drug-likeness (QED) is 0.693. The topological polar surface area (TPSA) is 12.0 Å². The zero-order valence-electron chi connectivity index (χ0n) is 7.39. The fourth-order valence-electron chi connectivity index (χ4n) is 1.50. The van der Waals surface area contributed by atoms with Gasteiger partial charge in [-0.25, -0.2) is 4.39 Å². The van der Waals surface area contributed by atoms with Crippen molar-refractivity contribution in [1.82, 2.24) is 5.32 Å². The van der Waals surface area contributed by atoms with E-state index in [0.717, 1.165) is 25.1 Å². The fraction of sp³-hybridized carbons (Fsp3) is 0.273. The highest BCUT2D eigenvalue weighted by Gasteiger charge is 2.04. The van der Waals surface area contributed by atoms with Gasteiger partial charge >= 0.3 is 0 Å². The first-order chi connectivity index (χ1) is 6.34. The summed E-state index contributed by atoms with van der Waals surface area (Å²) in [6.45, 7) is 2.03. The van der Waals surface area contributed by atoms with Crippen molar-refractivity contribution in [2.45, 2.75) is 6.42 Å². The Bertz CT molecular complexity index is 305. The monoisotopic (exact) mass is 177 g/mol. The van der Waals surface area contributed by atoms with Crippen molar-refractivity contribution in [3.8, 4) is 0 Å². The third-order valence-electron chi connectivity index (χ3n) is 2.22. The highest BCUT2D eigenvalue weighted by molar-refractivity contribution is 5.53. The van der Waals surface area contributed by atoms with Gasteiger partial charge in [0, 0.05) is 6.54 Å². The molecule has 1 N–H and O–H groups in total. The summed E-state index contributed by atoms with van der Waals surface area (Å²) in [6, 6.07) is 6.60. The second-order valence-electron chi connectivity index (χ2n) is 3.28. The molecule has 1 aliphatic rings. The number of halogens is 1. The Morgan fingerprint density at radius 2 is 2.00 bits per heavy atom. The minimum absolute atomic E-state index is 0.174. The molecular formula is C11H12FN. The summed E-state index contributed by atoms with van der Waals surface area (Å²) < 4.78 is 12.6. The highest BCUT2D eigenvalue weighted by Crippen LogP contribution is 2.12. The molecule has 2 rings (SSSR count). The van der Waals surface area contributed by atoms with Gasteiger partial charge in [-0.05, 0) is 30.7 Å². The maximum Gasteiger partial charge on any atom is 0.123 e. The molecule has 1 aliphatic heterocycles. The molecule has 0 spiro atoms. The van der Waals surface area contributed by atoms with E-state index < -0.39 is 0 Å². The molecule has 0 aliphatic carbocycles. The van der Waals surface area contributed by atoms with Crippen LogP contribution in [-0.4, -0.2) is 13.1 Å². The molecule has 1 saturated heterocycles. The molecular weight excluding hydrogens is 165 g/mol. The van der Waals surface area contributed by atoms with E-state index in [-0.39, 0.29) is 5.82 Å². The van der Waals surface area contributed by atoms with Crippen LogP contribution >= 0.6 is 0 Å². The maximum atomic E-state index is 12.6. The first kappa shape index (κ1) is 8.45. The number of benzene rings is 1. The second-order valence-corrected chi connectivity index (χ2v) is 3.28. The molecule has 1 aromatic carbocycles. The zero-order valence-corrected chi connectivity index (χ0v) is 7.39. The SMILES string of the molecule is Fc1ccc(/C=C2/CCNC2)cc1. The van der Waals surface area contributed by atoms with Crippen molar-refractivity contribution in [1.29, 1.82) is 0 Å². The largest absolute Gasteiger partial charge is 0.313 e. The molecule has 1 heterocycles. The average molecular weight is 177 g/mol. The number of hydrogen-bond acceptors (Lipinski definition) is 1. The lowest BCUT2D eigenvalue weighted by atomic mass is 10.1. The van der Waals surface area contributed by atoms with E-state index in [1.165, 1.54) is 17.7 Å². The zero-order chi connectivity index (χ0) is 9.10. The van der Waals surface area contributed by atoms with Gasteiger partial charge in [0.15, 0.2) is 0 Å². The van der Waals surface area contributed by atoms with E-state index in [9.17, 15) is 4.39 Å². The average Bonchev–Trinajstić information content (AvgIpc) is 2.62. The second kappa shape index (κ2) is 3.71. The molecule has 0 aromatic heterocycles. The smallest absolute Gasteiger partial charge is 0.123 e. The first-order valence-electron chi connectivity index (χ1n) is 4.50. The Labute approximate surface area is 77.3 Å². The third-order valence-corrected chi connectivity index (χ3v) is 2.22.